The second kappa shape index (κ2) is 6.89. The van der Waals surface area contributed by atoms with Gasteiger partial charge in [0.1, 0.15) is 10.7 Å². The van der Waals surface area contributed by atoms with Crippen LogP contribution in [0.25, 0.3) is 0 Å². The number of hydrogen-bond acceptors (Lipinski definition) is 6. The summed E-state index contributed by atoms with van der Waals surface area (Å²) in [4.78, 5) is 0.126. The Balaban J connectivity index is 1.68. The molecule has 8 nitrogen and oxygen atoms in total. The van der Waals surface area contributed by atoms with Crippen LogP contribution in [0.2, 0.25) is 0 Å². The monoisotopic (exact) mass is 358 g/mol. The molecule has 0 bridgehead atoms. The summed E-state index contributed by atoms with van der Waals surface area (Å²) in [5.41, 5.74) is 1.98. The lowest BCUT2D eigenvalue weighted by molar-refractivity contribution is 0.600. The Labute approximate surface area is 145 Å². The molecule has 0 spiro atoms. The Bertz CT molecular complexity index is 933. The lowest BCUT2D eigenvalue weighted by atomic mass is 10.2. The zero-order valence-corrected chi connectivity index (χ0v) is 14.6. The van der Waals surface area contributed by atoms with Crippen molar-refractivity contribution in [2.45, 2.75) is 25.3 Å². The minimum atomic E-state index is -3.77. The normalized spacial score (nSPS) is 11.3. The number of aromatic amines is 1. The number of hydrogen-bond donors (Lipinski definition) is 3. The summed E-state index contributed by atoms with van der Waals surface area (Å²) in [5.74, 6) is 0.702. The quantitative estimate of drug-likeness (QED) is 0.623. The standard InChI is InChI=1S/C16H18N6O2S/c1-11-16(12(2)19-18-11)25(23,24)22-15-9-8-14(20-21-15)17-10-13-6-4-3-5-7-13/h3-9H,10H2,1-2H3,(H,17,20)(H,18,19)(H,21,22). The van der Waals surface area contributed by atoms with Crippen LogP contribution in [0.4, 0.5) is 11.6 Å². The first kappa shape index (κ1) is 16.9. The van der Waals surface area contributed by atoms with Gasteiger partial charge >= 0.3 is 0 Å². The molecule has 3 rings (SSSR count). The van der Waals surface area contributed by atoms with Gasteiger partial charge in [0.2, 0.25) is 0 Å². The Kier molecular flexibility index (Phi) is 4.66. The first-order valence-corrected chi connectivity index (χ1v) is 9.10. The Morgan fingerprint density at radius 1 is 1.00 bits per heavy atom. The van der Waals surface area contributed by atoms with Gasteiger partial charge in [-0.2, -0.15) is 5.10 Å². The summed E-state index contributed by atoms with van der Waals surface area (Å²) in [6.07, 6.45) is 0. The van der Waals surface area contributed by atoms with Crippen molar-refractivity contribution in [3.8, 4) is 0 Å². The van der Waals surface area contributed by atoms with E-state index < -0.39 is 10.0 Å². The van der Waals surface area contributed by atoms with Crippen molar-refractivity contribution in [2.24, 2.45) is 0 Å². The molecule has 1 aromatic carbocycles. The number of sulfonamides is 1. The molecule has 2 aromatic heterocycles. The molecule has 130 valence electrons. The zero-order valence-electron chi connectivity index (χ0n) is 13.8. The van der Waals surface area contributed by atoms with Gasteiger partial charge in [0.25, 0.3) is 10.0 Å². The van der Waals surface area contributed by atoms with Crippen LogP contribution < -0.4 is 10.0 Å². The van der Waals surface area contributed by atoms with Crippen molar-refractivity contribution in [3.63, 3.8) is 0 Å². The summed E-state index contributed by atoms with van der Waals surface area (Å²) >= 11 is 0. The predicted molar refractivity (Wildman–Crippen MR) is 94.7 cm³/mol. The largest absolute Gasteiger partial charge is 0.365 e. The molecule has 0 aliphatic rings. The number of rotatable bonds is 6. The molecule has 0 amide bonds. The minimum Gasteiger partial charge on any atom is -0.365 e. The molecule has 0 aliphatic carbocycles. The molecule has 0 saturated heterocycles. The van der Waals surface area contributed by atoms with Crippen LogP contribution in [0, 0.1) is 13.8 Å². The van der Waals surface area contributed by atoms with Crippen LogP contribution >= 0.6 is 0 Å². The van der Waals surface area contributed by atoms with Gasteiger partial charge in [-0.15, -0.1) is 10.2 Å². The molecule has 0 atom stereocenters. The Morgan fingerprint density at radius 2 is 1.68 bits per heavy atom. The van der Waals surface area contributed by atoms with Crippen LogP contribution in [-0.2, 0) is 16.6 Å². The first-order valence-electron chi connectivity index (χ1n) is 7.61. The molecule has 0 saturated carbocycles. The van der Waals surface area contributed by atoms with E-state index >= 15 is 0 Å². The number of H-pyrrole nitrogens is 1. The van der Waals surface area contributed by atoms with E-state index in [0.717, 1.165) is 5.56 Å². The lowest BCUT2D eigenvalue weighted by Crippen LogP contribution is -2.16. The molecule has 3 N–H and O–H groups in total. The van der Waals surface area contributed by atoms with Crippen LogP contribution in [0.1, 0.15) is 17.0 Å². The third kappa shape index (κ3) is 3.94. The van der Waals surface area contributed by atoms with E-state index in [9.17, 15) is 8.42 Å². The summed E-state index contributed by atoms with van der Waals surface area (Å²) < 4.78 is 27.3. The van der Waals surface area contributed by atoms with E-state index in [0.29, 0.717) is 23.8 Å². The number of nitrogens with zero attached hydrogens (tertiary/aromatic N) is 3. The average molecular weight is 358 g/mol. The molecule has 9 heteroatoms. The van der Waals surface area contributed by atoms with E-state index in [4.69, 9.17) is 0 Å². The molecule has 2 heterocycles. The molecular formula is C16H18N6O2S. The highest BCUT2D eigenvalue weighted by Gasteiger charge is 2.22. The fraction of sp³-hybridized carbons (Fsp3) is 0.188. The summed E-state index contributed by atoms with van der Waals surface area (Å²) in [5, 5.41) is 17.6. The number of nitrogens with one attached hydrogen (secondary N) is 3. The van der Waals surface area contributed by atoms with E-state index in [1.807, 2.05) is 30.3 Å². The van der Waals surface area contributed by atoms with Crippen LogP contribution in [0.5, 0.6) is 0 Å². The molecule has 0 fully saturated rings. The average Bonchev–Trinajstić information content (AvgIpc) is 2.94. The third-order valence-corrected chi connectivity index (χ3v) is 5.17. The van der Waals surface area contributed by atoms with Gasteiger partial charge in [-0.3, -0.25) is 9.82 Å². The SMILES string of the molecule is Cc1n[nH]c(C)c1S(=O)(=O)Nc1ccc(NCc2ccccc2)nn1. The van der Waals surface area contributed by atoms with Crippen molar-refractivity contribution in [2.75, 3.05) is 10.0 Å². The van der Waals surface area contributed by atoms with E-state index in [2.05, 4.69) is 30.4 Å². The maximum absolute atomic E-state index is 12.4. The highest BCUT2D eigenvalue weighted by Crippen LogP contribution is 2.20. The highest BCUT2D eigenvalue weighted by molar-refractivity contribution is 7.92. The first-order chi connectivity index (χ1) is 12.0. The second-order valence-electron chi connectivity index (χ2n) is 5.51. The lowest BCUT2D eigenvalue weighted by Gasteiger charge is -2.08. The Morgan fingerprint density at radius 3 is 2.28 bits per heavy atom. The summed E-state index contributed by atoms with van der Waals surface area (Å²) in [7, 11) is -3.77. The van der Waals surface area contributed by atoms with Crippen LogP contribution in [0.3, 0.4) is 0 Å². The van der Waals surface area contributed by atoms with Gasteiger partial charge in [0.15, 0.2) is 5.82 Å². The fourth-order valence-corrected chi connectivity index (χ4v) is 3.76. The topological polar surface area (TPSA) is 113 Å². The van der Waals surface area contributed by atoms with Crippen molar-refractivity contribution in [1.29, 1.82) is 0 Å². The number of anilines is 2. The maximum Gasteiger partial charge on any atom is 0.266 e. The minimum absolute atomic E-state index is 0.126. The zero-order chi connectivity index (χ0) is 17.9. The molecular weight excluding hydrogens is 340 g/mol. The maximum atomic E-state index is 12.4. The van der Waals surface area contributed by atoms with E-state index in [-0.39, 0.29) is 10.7 Å². The fourth-order valence-electron chi connectivity index (χ4n) is 2.39. The summed E-state index contributed by atoms with van der Waals surface area (Å²) in [6, 6.07) is 13.1. The molecule has 0 radical (unpaired) electrons. The van der Waals surface area contributed by atoms with Gasteiger partial charge in [-0.1, -0.05) is 30.3 Å². The van der Waals surface area contributed by atoms with Crippen molar-refractivity contribution in [1.82, 2.24) is 20.4 Å². The number of benzene rings is 1. The van der Waals surface area contributed by atoms with Gasteiger partial charge in [0, 0.05) is 6.54 Å². The third-order valence-electron chi connectivity index (χ3n) is 3.55. The second-order valence-corrected chi connectivity index (χ2v) is 7.13. The van der Waals surface area contributed by atoms with Crippen LogP contribution in [-0.4, -0.2) is 28.8 Å². The molecule has 25 heavy (non-hydrogen) atoms. The predicted octanol–water partition coefficient (Wildman–Crippen LogP) is 2.23. The molecule has 3 aromatic rings. The number of aryl methyl sites for hydroxylation is 2. The van der Waals surface area contributed by atoms with Crippen LogP contribution in [0.15, 0.2) is 47.4 Å². The number of aromatic nitrogens is 4. The van der Waals surface area contributed by atoms with E-state index in [1.54, 1.807) is 26.0 Å². The smallest absolute Gasteiger partial charge is 0.266 e. The van der Waals surface area contributed by atoms with Gasteiger partial charge in [-0.25, -0.2) is 8.42 Å². The van der Waals surface area contributed by atoms with Crippen molar-refractivity contribution < 1.29 is 8.42 Å². The molecule has 0 aliphatic heterocycles. The molecule has 0 unspecified atom stereocenters. The summed E-state index contributed by atoms with van der Waals surface area (Å²) in [6.45, 7) is 3.88. The van der Waals surface area contributed by atoms with Gasteiger partial charge in [-0.05, 0) is 31.5 Å². The van der Waals surface area contributed by atoms with Gasteiger partial charge in [0.05, 0.1) is 11.4 Å². The van der Waals surface area contributed by atoms with Crippen molar-refractivity contribution in [3.05, 3.63) is 59.4 Å². The highest BCUT2D eigenvalue weighted by atomic mass is 32.2. The van der Waals surface area contributed by atoms with Gasteiger partial charge < -0.3 is 5.32 Å². The Hall–Kier alpha value is -2.94. The van der Waals surface area contributed by atoms with Crippen molar-refractivity contribution >= 4 is 21.7 Å². The van der Waals surface area contributed by atoms with E-state index in [1.165, 1.54) is 0 Å².